The van der Waals surface area contributed by atoms with Gasteiger partial charge in [-0.15, -0.1) is 0 Å². The molecule has 0 aromatic heterocycles. The van der Waals surface area contributed by atoms with Gasteiger partial charge in [0.15, 0.2) is 0 Å². The smallest absolute Gasteiger partial charge is 0.337 e. The van der Waals surface area contributed by atoms with Crippen LogP contribution < -0.4 is 15.8 Å². The number of nitrogens with two attached hydrogens (primary N) is 1. The van der Waals surface area contributed by atoms with Crippen molar-refractivity contribution in [3.8, 4) is 5.75 Å². The van der Waals surface area contributed by atoms with Crippen molar-refractivity contribution in [3.05, 3.63) is 47.3 Å². The summed E-state index contributed by atoms with van der Waals surface area (Å²) in [6.45, 7) is 1.72. The number of carbonyl (C=O) groups is 1. The number of rotatable bonds is 4. The fraction of sp³-hybridized carbons (Fsp3) is 0.133. The van der Waals surface area contributed by atoms with Crippen LogP contribution >= 0.6 is 0 Å². The molecule has 0 spiro atoms. The Morgan fingerprint density at radius 2 is 2.05 bits per heavy atom. The van der Waals surface area contributed by atoms with Crippen molar-refractivity contribution in [2.75, 3.05) is 18.2 Å². The van der Waals surface area contributed by atoms with E-state index < -0.39 is 11.8 Å². The van der Waals surface area contributed by atoms with Gasteiger partial charge in [-0.2, -0.15) is 0 Å². The van der Waals surface area contributed by atoms with Crippen LogP contribution in [0.25, 0.3) is 0 Å². The van der Waals surface area contributed by atoms with Gasteiger partial charge in [-0.05, 0) is 36.8 Å². The molecule has 2 aromatic rings. The number of ether oxygens (including phenoxy) is 1. The molecule has 21 heavy (non-hydrogen) atoms. The molecule has 0 atom stereocenters. The number of nitrogens with one attached hydrogen (secondary N) is 1. The third-order valence-electron chi connectivity index (χ3n) is 3.06. The zero-order chi connectivity index (χ0) is 15.6. The summed E-state index contributed by atoms with van der Waals surface area (Å²) in [4.78, 5) is 11.2. The summed E-state index contributed by atoms with van der Waals surface area (Å²) in [6.07, 6.45) is 0. The van der Waals surface area contributed by atoms with Crippen LogP contribution in [0, 0.1) is 12.7 Å². The van der Waals surface area contributed by atoms with Crippen molar-refractivity contribution in [2.45, 2.75) is 6.92 Å². The molecule has 4 N–H and O–H groups in total. The third-order valence-corrected chi connectivity index (χ3v) is 3.06. The number of carboxylic acids is 1. The molecule has 0 aliphatic heterocycles. The predicted molar refractivity (Wildman–Crippen MR) is 78.8 cm³/mol. The molecule has 2 aromatic carbocycles. The fourth-order valence-electron chi connectivity index (χ4n) is 1.97. The van der Waals surface area contributed by atoms with Gasteiger partial charge in [0.05, 0.1) is 18.4 Å². The minimum absolute atomic E-state index is 0.0126. The first kappa shape index (κ1) is 14.6. The maximum absolute atomic E-state index is 13.2. The monoisotopic (exact) mass is 290 g/mol. The number of anilines is 3. The average molecular weight is 290 g/mol. The summed E-state index contributed by atoms with van der Waals surface area (Å²) in [5, 5.41) is 12.1. The van der Waals surface area contributed by atoms with E-state index in [2.05, 4.69) is 5.32 Å². The van der Waals surface area contributed by atoms with E-state index >= 15 is 0 Å². The van der Waals surface area contributed by atoms with Gasteiger partial charge in [0.1, 0.15) is 11.6 Å². The fourth-order valence-corrected chi connectivity index (χ4v) is 1.97. The van der Waals surface area contributed by atoms with Crippen LogP contribution in [0.3, 0.4) is 0 Å². The van der Waals surface area contributed by atoms with Gasteiger partial charge < -0.3 is 20.9 Å². The Labute approximate surface area is 121 Å². The molecule has 110 valence electrons. The maximum Gasteiger partial charge on any atom is 0.337 e. The van der Waals surface area contributed by atoms with E-state index in [1.807, 2.05) is 0 Å². The second kappa shape index (κ2) is 5.70. The summed E-state index contributed by atoms with van der Waals surface area (Å²) >= 11 is 0. The van der Waals surface area contributed by atoms with Gasteiger partial charge in [-0.3, -0.25) is 0 Å². The van der Waals surface area contributed by atoms with Crippen LogP contribution in [-0.4, -0.2) is 18.2 Å². The Bertz CT molecular complexity index is 702. The zero-order valence-electron chi connectivity index (χ0n) is 11.6. The van der Waals surface area contributed by atoms with E-state index in [4.69, 9.17) is 15.6 Å². The van der Waals surface area contributed by atoms with E-state index in [0.717, 1.165) is 0 Å². The summed E-state index contributed by atoms with van der Waals surface area (Å²) in [7, 11) is 1.43. The first-order chi connectivity index (χ1) is 9.92. The Hall–Kier alpha value is -2.76. The molecule has 6 heteroatoms. The Morgan fingerprint density at radius 3 is 2.67 bits per heavy atom. The molecule has 0 aliphatic rings. The lowest BCUT2D eigenvalue weighted by Gasteiger charge is -2.14. The van der Waals surface area contributed by atoms with Crippen molar-refractivity contribution < 1.29 is 19.0 Å². The number of nitrogen functional groups attached to an aromatic ring is 1. The SMILES string of the molecule is COc1cc(F)ccc1Nc1cc(C)c(N)c(C(=O)O)c1. The van der Waals surface area contributed by atoms with Crippen molar-refractivity contribution in [3.63, 3.8) is 0 Å². The quantitative estimate of drug-likeness (QED) is 0.753. The number of hydrogen-bond donors (Lipinski definition) is 3. The van der Waals surface area contributed by atoms with E-state index in [1.165, 1.54) is 31.4 Å². The van der Waals surface area contributed by atoms with Gasteiger partial charge in [0.25, 0.3) is 0 Å². The minimum atomic E-state index is -1.11. The lowest BCUT2D eigenvalue weighted by atomic mass is 10.1. The molecular weight excluding hydrogens is 275 g/mol. The topological polar surface area (TPSA) is 84.6 Å². The van der Waals surface area contributed by atoms with Crippen LogP contribution in [0.5, 0.6) is 5.75 Å². The lowest BCUT2D eigenvalue weighted by molar-refractivity contribution is 0.0698. The van der Waals surface area contributed by atoms with E-state index in [1.54, 1.807) is 13.0 Å². The van der Waals surface area contributed by atoms with Crippen molar-refractivity contribution in [2.24, 2.45) is 0 Å². The summed E-state index contributed by atoms with van der Waals surface area (Å²) in [6, 6.07) is 7.18. The minimum Gasteiger partial charge on any atom is -0.494 e. The zero-order valence-corrected chi connectivity index (χ0v) is 11.6. The first-order valence-electron chi connectivity index (χ1n) is 6.16. The normalized spacial score (nSPS) is 10.2. The number of methoxy groups -OCH3 is 1. The Balaban J connectivity index is 2.43. The molecular formula is C15H15FN2O3. The molecule has 0 saturated carbocycles. The molecule has 0 bridgehead atoms. The van der Waals surface area contributed by atoms with Crippen LogP contribution in [-0.2, 0) is 0 Å². The summed E-state index contributed by atoms with van der Waals surface area (Å²) < 4.78 is 18.2. The molecule has 0 fully saturated rings. The standard InChI is InChI=1S/C15H15FN2O3/c1-8-5-10(7-11(14(8)17)15(19)20)18-12-4-3-9(16)6-13(12)21-2/h3-7,18H,17H2,1-2H3,(H,19,20). The molecule has 0 heterocycles. The van der Waals surface area contributed by atoms with Crippen LogP contribution in [0.15, 0.2) is 30.3 Å². The first-order valence-corrected chi connectivity index (χ1v) is 6.16. The highest BCUT2D eigenvalue weighted by atomic mass is 19.1. The van der Waals surface area contributed by atoms with Crippen molar-refractivity contribution in [1.29, 1.82) is 0 Å². The second-order valence-corrected chi connectivity index (χ2v) is 4.53. The van der Waals surface area contributed by atoms with Crippen LogP contribution in [0.2, 0.25) is 0 Å². The molecule has 0 radical (unpaired) electrons. The highest BCUT2D eigenvalue weighted by Gasteiger charge is 2.13. The number of carboxylic acid groups (broad SMARTS) is 1. The van der Waals surface area contributed by atoms with Crippen molar-refractivity contribution >= 4 is 23.0 Å². The van der Waals surface area contributed by atoms with Gasteiger partial charge >= 0.3 is 5.97 Å². The third kappa shape index (κ3) is 3.05. The lowest BCUT2D eigenvalue weighted by Crippen LogP contribution is -2.06. The average Bonchev–Trinajstić information content (AvgIpc) is 2.44. The molecule has 5 nitrogen and oxygen atoms in total. The van der Waals surface area contributed by atoms with Gasteiger partial charge in [-0.25, -0.2) is 9.18 Å². The molecule has 2 rings (SSSR count). The van der Waals surface area contributed by atoms with E-state index in [0.29, 0.717) is 22.7 Å². The number of halogens is 1. The largest absolute Gasteiger partial charge is 0.494 e. The molecule has 0 aliphatic carbocycles. The molecule has 0 saturated heterocycles. The van der Waals surface area contributed by atoms with E-state index in [9.17, 15) is 9.18 Å². The molecule has 0 amide bonds. The second-order valence-electron chi connectivity index (χ2n) is 4.53. The predicted octanol–water partition coefficient (Wildman–Crippen LogP) is 3.17. The summed E-state index contributed by atoms with van der Waals surface area (Å²) in [5.74, 6) is -1.20. The van der Waals surface area contributed by atoms with Crippen LogP contribution in [0.1, 0.15) is 15.9 Å². The van der Waals surface area contributed by atoms with Crippen molar-refractivity contribution in [1.82, 2.24) is 0 Å². The Kier molecular flexibility index (Phi) is 3.98. The molecule has 0 unspecified atom stereocenters. The number of hydrogen-bond acceptors (Lipinski definition) is 4. The number of benzene rings is 2. The number of aromatic carboxylic acids is 1. The van der Waals surface area contributed by atoms with Gasteiger partial charge in [0.2, 0.25) is 0 Å². The highest BCUT2D eigenvalue weighted by molar-refractivity contribution is 5.96. The van der Waals surface area contributed by atoms with Crippen LogP contribution in [0.4, 0.5) is 21.5 Å². The summed E-state index contributed by atoms with van der Waals surface area (Å²) in [5.41, 5.74) is 7.67. The van der Waals surface area contributed by atoms with Gasteiger partial charge in [-0.1, -0.05) is 0 Å². The maximum atomic E-state index is 13.2. The Morgan fingerprint density at radius 1 is 1.33 bits per heavy atom. The highest BCUT2D eigenvalue weighted by Crippen LogP contribution is 2.30. The van der Waals surface area contributed by atoms with Gasteiger partial charge in [0, 0.05) is 17.4 Å². The number of aryl methyl sites for hydroxylation is 1. The van der Waals surface area contributed by atoms with E-state index in [-0.39, 0.29) is 11.3 Å².